The lowest BCUT2D eigenvalue weighted by Gasteiger charge is -2.41. The molecule has 2 heterocycles. The van der Waals surface area contributed by atoms with Crippen molar-refractivity contribution in [2.24, 2.45) is 0 Å². The average molecular weight is 650 g/mol. The van der Waals surface area contributed by atoms with Crippen molar-refractivity contribution in [3.05, 3.63) is 63.2 Å². The van der Waals surface area contributed by atoms with E-state index in [1.54, 1.807) is 23.1 Å². The Hall–Kier alpha value is -2.87. The van der Waals surface area contributed by atoms with Gasteiger partial charge >= 0.3 is 0 Å². The van der Waals surface area contributed by atoms with Gasteiger partial charge in [0.2, 0.25) is 12.7 Å². The Morgan fingerprint density at radius 1 is 1.15 bits per heavy atom. The standard InChI is InChI=1S/C28H31IN2O8/c29-19-4-1-2-5-21(19)39-25-14-18(27(34)30-9-10-32)13-20(26(25)33)31(28(35)23-6-3-11-36-23)15-17-7-8-22-24(12-17)38-16-37-22/h1-2,4-5,7-8,12,14,20,23,25-26,32-33H,3,6,9-11,13,15-16H2,(H,30,34)/t20-,23?,25+,26+/m1/s1. The summed E-state index contributed by atoms with van der Waals surface area (Å²) in [4.78, 5) is 28.5. The van der Waals surface area contributed by atoms with E-state index in [0.717, 1.165) is 15.6 Å². The Morgan fingerprint density at radius 2 is 1.97 bits per heavy atom. The summed E-state index contributed by atoms with van der Waals surface area (Å²) < 4.78 is 23.7. The molecule has 1 aliphatic carbocycles. The maximum atomic E-state index is 13.8. The fourth-order valence-electron chi connectivity index (χ4n) is 5.02. The van der Waals surface area contributed by atoms with E-state index in [0.29, 0.717) is 35.8 Å². The van der Waals surface area contributed by atoms with Crippen LogP contribution in [0.3, 0.4) is 0 Å². The summed E-state index contributed by atoms with van der Waals surface area (Å²) in [5, 5.41) is 23.5. The Kier molecular flexibility index (Phi) is 8.90. The molecular weight excluding hydrogens is 619 g/mol. The Bertz CT molecular complexity index is 1230. The molecule has 0 bridgehead atoms. The van der Waals surface area contributed by atoms with Crippen molar-refractivity contribution < 1.29 is 38.7 Å². The largest absolute Gasteiger partial charge is 0.482 e. The first kappa shape index (κ1) is 27.7. The second-order valence-electron chi connectivity index (χ2n) is 9.60. The predicted octanol–water partition coefficient (Wildman–Crippen LogP) is 2.14. The van der Waals surface area contributed by atoms with Crippen molar-refractivity contribution >= 4 is 34.4 Å². The minimum Gasteiger partial charge on any atom is -0.482 e. The van der Waals surface area contributed by atoms with E-state index in [1.165, 1.54) is 0 Å². The maximum absolute atomic E-state index is 13.8. The van der Waals surface area contributed by atoms with E-state index in [9.17, 15) is 19.8 Å². The normalized spacial score (nSPS) is 23.7. The highest BCUT2D eigenvalue weighted by atomic mass is 127. The van der Waals surface area contributed by atoms with Crippen LogP contribution in [-0.2, 0) is 20.9 Å². The molecule has 1 unspecified atom stereocenters. The van der Waals surface area contributed by atoms with Crippen molar-refractivity contribution in [1.82, 2.24) is 10.2 Å². The van der Waals surface area contributed by atoms with E-state index in [1.807, 2.05) is 30.3 Å². The third-order valence-electron chi connectivity index (χ3n) is 6.99. The zero-order valence-corrected chi connectivity index (χ0v) is 23.4. The average Bonchev–Trinajstić information content (AvgIpc) is 3.65. The summed E-state index contributed by atoms with van der Waals surface area (Å²) >= 11 is 2.15. The minimum atomic E-state index is -1.13. The number of amides is 2. The monoisotopic (exact) mass is 650 g/mol. The number of hydrogen-bond acceptors (Lipinski definition) is 8. The lowest BCUT2D eigenvalue weighted by Crippen LogP contribution is -2.56. The van der Waals surface area contributed by atoms with Gasteiger partial charge in [0, 0.05) is 31.7 Å². The van der Waals surface area contributed by atoms with Crippen LogP contribution >= 0.6 is 22.6 Å². The summed E-state index contributed by atoms with van der Waals surface area (Å²) in [5.74, 6) is 1.14. The van der Waals surface area contributed by atoms with Gasteiger partial charge in [-0.1, -0.05) is 18.2 Å². The first-order valence-electron chi connectivity index (χ1n) is 12.9. The zero-order valence-electron chi connectivity index (χ0n) is 21.3. The number of carbonyl (C=O) groups excluding carboxylic acids is 2. The van der Waals surface area contributed by atoms with Crippen LogP contribution in [0, 0.1) is 3.57 Å². The van der Waals surface area contributed by atoms with Crippen molar-refractivity contribution in [2.45, 2.75) is 50.2 Å². The van der Waals surface area contributed by atoms with Crippen molar-refractivity contribution in [1.29, 1.82) is 0 Å². The number of halogens is 1. The van der Waals surface area contributed by atoms with E-state index in [-0.39, 0.29) is 44.7 Å². The van der Waals surface area contributed by atoms with Crippen LogP contribution in [0.5, 0.6) is 17.2 Å². The highest BCUT2D eigenvalue weighted by Gasteiger charge is 2.42. The van der Waals surface area contributed by atoms with Gasteiger partial charge in [0.25, 0.3) is 5.91 Å². The lowest BCUT2D eigenvalue weighted by atomic mass is 9.87. The van der Waals surface area contributed by atoms with Crippen LogP contribution in [0.15, 0.2) is 54.1 Å². The first-order valence-corrected chi connectivity index (χ1v) is 14.0. The first-order chi connectivity index (χ1) is 18.9. The molecule has 11 heteroatoms. The lowest BCUT2D eigenvalue weighted by molar-refractivity contribution is -0.149. The van der Waals surface area contributed by atoms with Crippen LogP contribution in [-0.4, -0.2) is 77.8 Å². The van der Waals surface area contributed by atoms with Crippen molar-refractivity contribution in [2.75, 3.05) is 26.6 Å². The van der Waals surface area contributed by atoms with Crippen LogP contribution < -0.4 is 19.5 Å². The quantitative estimate of drug-likeness (QED) is 0.353. The van der Waals surface area contributed by atoms with Gasteiger partial charge in [-0.3, -0.25) is 9.59 Å². The molecule has 2 aliphatic heterocycles. The Labute approximate surface area is 240 Å². The van der Waals surface area contributed by atoms with Gasteiger partial charge in [-0.2, -0.15) is 0 Å². The van der Waals surface area contributed by atoms with Gasteiger partial charge in [-0.05, 0) is 71.3 Å². The van der Waals surface area contributed by atoms with E-state index in [2.05, 4.69) is 27.9 Å². The summed E-state index contributed by atoms with van der Waals surface area (Å²) in [6, 6.07) is 12.1. The fraction of sp³-hybridized carbons (Fsp3) is 0.429. The number of benzene rings is 2. The third kappa shape index (κ3) is 6.32. The van der Waals surface area contributed by atoms with Crippen LogP contribution in [0.1, 0.15) is 24.8 Å². The smallest absolute Gasteiger partial charge is 0.252 e. The molecular formula is C28H31IN2O8. The molecule has 39 heavy (non-hydrogen) atoms. The number of carbonyl (C=O) groups is 2. The van der Waals surface area contributed by atoms with Gasteiger partial charge in [0.05, 0.1) is 16.2 Å². The molecule has 0 radical (unpaired) electrons. The molecule has 4 atom stereocenters. The van der Waals surface area contributed by atoms with E-state index >= 15 is 0 Å². The Balaban J connectivity index is 1.48. The molecule has 2 aromatic carbocycles. The van der Waals surface area contributed by atoms with Gasteiger partial charge in [-0.15, -0.1) is 0 Å². The number of nitrogens with one attached hydrogen (secondary N) is 1. The van der Waals surface area contributed by atoms with Gasteiger partial charge in [0.1, 0.15) is 24.1 Å². The number of nitrogens with zero attached hydrogens (tertiary/aromatic N) is 1. The Morgan fingerprint density at radius 3 is 2.74 bits per heavy atom. The molecule has 2 amide bonds. The highest BCUT2D eigenvalue weighted by molar-refractivity contribution is 14.1. The highest BCUT2D eigenvalue weighted by Crippen LogP contribution is 2.35. The van der Waals surface area contributed by atoms with Gasteiger partial charge in [-0.25, -0.2) is 0 Å². The predicted molar refractivity (Wildman–Crippen MR) is 148 cm³/mol. The van der Waals surface area contributed by atoms with Crippen LogP contribution in [0.25, 0.3) is 0 Å². The van der Waals surface area contributed by atoms with Gasteiger partial charge < -0.3 is 39.4 Å². The molecule has 0 saturated carbocycles. The van der Waals surface area contributed by atoms with E-state index < -0.39 is 24.4 Å². The number of aliphatic hydroxyl groups excluding tert-OH is 2. The SMILES string of the molecule is O=C(NCCO)C1=C[C@H](Oc2ccccc2I)[C@@H](O)[C@H](N(Cc2ccc3c(c2)OCO3)C(=O)C2CCCO2)C1. The summed E-state index contributed by atoms with van der Waals surface area (Å²) in [6.45, 7) is 0.669. The number of rotatable bonds is 9. The molecule has 5 rings (SSSR count). The number of fused-ring (bicyclic) bond motifs is 1. The minimum absolute atomic E-state index is 0.0846. The second-order valence-corrected chi connectivity index (χ2v) is 10.8. The fourth-order valence-corrected chi connectivity index (χ4v) is 5.53. The second kappa shape index (κ2) is 12.5. The molecule has 1 saturated heterocycles. The number of aliphatic hydroxyl groups is 2. The van der Waals surface area contributed by atoms with Crippen molar-refractivity contribution in [3.8, 4) is 17.2 Å². The van der Waals surface area contributed by atoms with Gasteiger partial charge in [0.15, 0.2) is 11.5 Å². The molecule has 10 nitrogen and oxygen atoms in total. The number of para-hydroxylation sites is 1. The number of hydrogen-bond donors (Lipinski definition) is 3. The zero-order chi connectivity index (χ0) is 27.4. The molecule has 3 aliphatic rings. The maximum Gasteiger partial charge on any atom is 0.252 e. The summed E-state index contributed by atoms with van der Waals surface area (Å²) in [7, 11) is 0. The van der Waals surface area contributed by atoms with Crippen molar-refractivity contribution in [3.63, 3.8) is 0 Å². The third-order valence-corrected chi connectivity index (χ3v) is 7.88. The molecule has 0 spiro atoms. The topological polar surface area (TPSA) is 127 Å². The summed E-state index contributed by atoms with van der Waals surface area (Å²) in [5.41, 5.74) is 1.15. The molecule has 0 aromatic heterocycles. The number of ether oxygens (including phenoxy) is 4. The summed E-state index contributed by atoms with van der Waals surface area (Å²) in [6.07, 6.45) is 0.411. The molecule has 3 N–H and O–H groups in total. The van der Waals surface area contributed by atoms with E-state index in [4.69, 9.17) is 18.9 Å². The van der Waals surface area contributed by atoms with Crippen LogP contribution in [0.2, 0.25) is 0 Å². The van der Waals surface area contributed by atoms with Crippen LogP contribution in [0.4, 0.5) is 0 Å². The molecule has 1 fully saturated rings. The molecule has 208 valence electrons. The molecule has 2 aromatic rings.